The van der Waals surface area contributed by atoms with Crippen LogP contribution in [0, 0.1) is 27.6 Å². The van der Waals surface area contributed by atoms with E-state index in [1.165, 1.54) is 12.1 Å². The van der Waals surface area contributed by atoms with Gasteiger partial charge in [0.25, 0.3) is 0 Å². The van der Waals surface area contributed by atoms with Crippen LogP contribution in [0.5, 0.6) is 0 Å². The van der Waals surface area contributed by atoms with E-state index in [0.29, 0.717) is 0 Å². The Labute approximate surface area is 155 Å². The van der Waals surface area contributed by atoms with E-state index >= 15 is 0 Å². The lowest BCUT2D eigenvalue weighted by atomic mass is 10.2. The molecule has 2 N–H and O–H groups in total. The fourth-order valence-electron chi connectivity index (χ4n) is 2.17. The van der Waals surface area contributed by atoms with E-state index in [-0.39, 0.29) is 28.0 Å². The number of nitrogens with zero attached hydrogens (tertiary/aromatic N) is 3. The number of nitrogens with one attached hydrogen (secondary N) is 2. The van der Waals surface area contributed by atoms with Gasteiger partial charge in [0.1, 0.15) is 23.8 Å². The molecule has 27 heavy (non-hydrogen) atoms. The molecule has 7 nitrogen and oxygen atoms in total. The molecule has 0 unspecified atom stereocenters. The van der Waals surface area contributed by atoms with Crippen LogP contribution in [-0.2, 0) is 0 Å². The molecule has 0 fully saturated rings. The first-order valence-electron chi connectivity index (χ1n) is 7.28. The highest BCUT2D eigenvalue weighted by Crippen LogP contribution is 2.34. The molecule has 0 atom stereocenters. The van der Waals surface area contributed by atoms with Crippen LogP contribution in [-0.4, -0.2) is 14.9 Å². The van der Waals surface area contributed by atoms with E-state index in [4.69, 9.17) is 11.6 Å². The smallest absolute Gasteiger partial charge is 0.334 e. The molecule has 0 aliphatic heterocycles. The molecule has 0 saturated heterocycles. The van der Waals surface area contributed by atoms with Gasteiger partial charge in [0.05, 0.1) is 15.6 Å². The van der Waals surface area contributed by atoms with E-state index in [9.17, 15) is 23.3 Å². The molecule has 3 rings (SSSR count). The first-order chi connectivity index (χ1) is 12.8. The fraction of sp³-hybridized carbons (Fsp3) is 0. The van der Waals surface area contributed by atoms with Gasteiger partial charge < -0.3 is 10.6 Å². The van der Waals surface area contributed by atoms with Gasteiger partial charge in [-0.05, 0) is 30.3 Å². The lowest BCUT2D eigenvalue weighted by Crippen LogP contribution is -2.06. The Morgan fingerprint density at radius 2 is 1.63 bits per heavy atom. The molecule has 0 radical (unpaired) electrons. The Kier molecular flexibility index (Phi) is 5.08. The van der Waals surface area contributed by atoms with Crippen molar-refractivity contribution in [2.75, 3.05) is 10.6 Å². The van der Waals surface area contributed by atoms with Crippen molar-refractivity contribution in [3.8, 4) is 0 Å². The summed E-state index contributed by atoms with van der Waals surface area (Å²) >= 11 is 5.68. The van der Waals surface area contributed by atoms with Gasteiger partial charge in [-0.1, -0.05) is 11.6 Å². The number of hydrogen-bond donors (Lipinski definition) is 2. The van der Waals surface area contributed by atoms with Gasteiger partial charge in [0, 0.05) is 11.8 Å². The van der Waals surface area contributed by atoms with Gasteiger partial charge in [0.2, 0.25) is 11.6 Å². The van der Waals surface area contributed by atoms with Crippen molar-refractivity contribution in [2.24, 2.45) is 0 Å². The van der Waals surface area contributed by atoms with Gasteiger partial charge in [0.15, 0.2) is 0 Å². The Balaban J connectivity index is 2.00. The van der Waals surface area contributed by atoms with Crippen LogP contribution in [0.3, 0.4) is 0 Å². The third-order valence-electron chi connectivity index (χ3n) is 3.37. The molecule has 0 amide bonds. The number of hydrogen-bond acceptors (Lipinski definition) is 6. The van der Waals surface area contributed by atoms with Gasteiger partial charge in [-0.2, -0.15) is 0 Å². The zero-order valence-corrected chi connectivity index (χ0v) is 14.0. The fourth-order valence-corrected chi connectivity index (χ4v) is 2.35. The summed E-state index contributed by atoms with van der Waals surface area (Å²) in [5, 5.41) is 16.3. The van der Waals surface area contributed by atoms with Crippen LogP contribution in [0.2, 0.25) is 5.02 Å². The van der Waals surface area contributed by atoms with Crippen molar-refractivity contribution < 1.29 is 18.1 Å². The van der Waals surface area contributed by atoms with E-state index in [1.54, 1.807) is 0 Å². The molecular weight excluding hydrogens is 387 g/mol. The quantitative estimate of drug-likeness (QED) is 0.469. The number of halogens is 4. The molecule has 3 aromatic rings. The Bertz CT molecular complexity index is 1030. The summed E-state index contributed by atoms with van der Waals surface area (Å²) in [5.74, 6) is -2.85. The van der Waals surface area contributed by atoms with Gasteiger partial charge in [-0.3, -0.25) is 10.1 Å². The van der Waals surface area contributed by atoms with Crippen molar-refractivity contribution >= 4 is 40.3 Å². The molecule has 1 aromatic heterocycles. The number of benzene rings is 2. The predicted octanol–water partition coefficient (Wildman–Crippen LogP) is 4.94. The summed E-state index contributed by atoms with van der Waals surface area (Å²) in [5.41, 5.74) is -0.736. The number of rotatable bonds is 5. The molecule has 0 spiro atoms. The minimum atomic E-state index is -0.830. The van der Waals surface area contributed by atoms with Crippen LogP contribution >= 0.6 is 11.6 Å². The average molecular weight is 396 g/mol. The number of anilines is 4. The molecule has 0 bridgehead atoms. The lowest BCUT2D eigenvalue weighted by molar-refractivity contribution is -0.383. The third-order valence-corrected chi connectivity index (χ3v) is 3.66. The largest absolute Gasteiger partial charge is 0.353 e. The standard InChI is InChI=1S/C16H9ClF3N5O2/c17-10-6-9(2-4-11(10)19)23-15-14(25(26)27)16(22-7-21-15)24-13-5-8(18)1-3-12(13)20/h1-7H,(H2,21,22,23,24). The highest BCUT2D eigenvalue weighted by Gasteiger charge is 2.24. The van der Waals surface area contributed by atoms with E-state index in [0.717, 1.165) is 30.6 Å². The normalized spacial score (nSPS) is 10.5. The van der Waals surface area contributed by atoms with Crippen LogP contribution in [0.25, 0.3) is 0 Å². The third kappa shape index (κ3) is 4.06. The van der Waals surface area contributed by atoms with Gasteiger partial charge >= 0.3 is 5.69 Å². The monoisotopic (exact) mass is 395 g/mol. The van der Waals surface area contributed by atoms with E-state index < -0.39 is 28.1 Å². The summed E-state index contributed by atoms with van der Waals surface area (Å²) in [6.07, 6.45) is 0.986. The van der Waals surface area contributed by atoms with Crippen molar-refractivity contribution in [1.29, 1.82) is 0 Å². The second kappa shape index (κ2) is 7.46. The zero-order chi connectivity index (χ0) is 19.6. The first-order valence-corrected chi connectivity index (χ1v) is 7.66. The lowest BCUT2D eigenvalue weighted by Gasteiger charge is -2.11. The summed E-state index contributed by atoms with van der Waals surface area (Å²) in [4.78, 5) is 18.2. The second-order valence-corrected chi connectivity index (χ2v) is 5.59. The SMILES string of the molecule is O=[N+]([O-])c1c(Nc2ccc(F)c(Cl)c2)ncnc1Nc1cc(F)ccc1F. The Morgan fingerprint density at radius 1 is 0.963 bits per heavy atom. The Morgan fingerprint density at radius 3 is 2.30 bits per heavy atom. The maximum absolute atomic E-state index is 13.8. The minimum Gasteiger partial charge on any atom is -0.334 e. The molecule has 11 heteroatoms. The van der Waals surface area contributed by atoms with E-state index in [2.05, 4.69) is 20.6 Å². The van der Waals surface area contributed by atoms with E-state index in [1.807, 2.05) is 0 Å². The first kappa shape index (κ1) is 18.4. The maximum Gasteiger partial charge on any atom is 0.353 e. The highest BCUT2D eigenvalue weighted by atomic mass is 35.5. The van der Waals surface area contributed by atoms with Crippen molar-refractivity contribution in [3.63, 3.8) is 0 Å². The molecule has 2 aromatic carbocycles. The average Bonchev–Trinajstić information content (AvgIpc) is 2.61. The van der Waals surface area contributed by atoms with Crippen molar-refractivity contribution in [2.45, 2.75) is 0 Å². The number of aromatic nitrogens is 2. The van der Waals surface area contributed by atoms with Crippen LogP contribution in [0.4, 0.5) is 41.9 Å². The molecule has 138 valence electrons. The summed E-state index contributed by atoms with van der Waals surface area (Å²) < 4.78 is 40.4. The molecular formula is C16H9ClF3N5O2. The number of nitro groups is 1. The second-order valence-electron chi connectivity index (χ2n) is 5.18. The summed E-state index contributed by atoms with van der Waals surface area (Å²) in [7, 11) is 0. The highest BCUT2D eigenvalue weighted by molar-refractivity contribution is 6.31. The molecule has 1 heterocycles. The van der Waals surface area contributed by atoms with Crippen LogP contribution in [0.1, 0.15) is 0 Å². The van der Waals surface area contributed by atoms with Crippen LogP contribution in [0.15, 0.2) is 42.7 Å². The van der Waals surface area contributed by atoms with Crippen molar-refractivity contribution in [3.05, 3.63) is 75.3 Å². The van der Waals surface area contributed by atoms with Crippen molar-refractivity contribution in [1.82, 2.24) is 9.97 Å². The topological polar surface area (TPSA) is 93.0 Å². The Hall–Kier alpha value is -3.40. The van der Waals surface area contributed by atoms with Crippen LogP contribution < -0.4 is 10.6 Å². The van der Waals surface area contributed by atoms with Gasteiger partial charge in [-0.15, -0.1) is 0 Å². The summed E-state index contributed by atoms with van der Waals surface area (Å²) in [6, 6.07) is 6.17. The van der Waals surface area contributed by atoms with Gasteiger partial charge in [-0.25, -0.2) is 23.1 Å². The summed E-state index contributed by atoms with van der Waals surface area (Å²) in [6.45, 7) is 0. The molecule has 0 aliphatic rings. The molecule has 0 aliphatic carbocycles. The minimum absolute atomic E-state index is 0.197. The zero-order valence-electron chi connectivity index (χ0n) is 13.2. The maximum atomic E-state index is 13.8. The predicted molar refractivity (Wildman–Crippen MR) is 93.0 cm³/mol. The molecule has 0 saturated carbocycles.